The molecule has 3 rings (SSSR count). The van der Waals surface area contributed by atoms with Crippen molar-refractivity contribution in [1.82, 2.24) is 4.98 Å². The first-order chi connectivity index (χ1) is 8.31. The Labute approximate surface area is 102 Å². The Balaban J connectivity index is 1.96. The lowest BCUT2D eigenvalue weighted by Gasteiger charge is -1.99. The third kappa shape index (κ3) is 2.07. The highest BCUT2D eigenvalue weighted by atomic mass is 32.1. The number of nitrogens with zero attached hydrogens (tertiary/aromatic N) is 1. The number of para-hydroxylation sites is 1. The number of hydrogen-bond donors (Lipinski definition) is 2. The van der Waals surface area contributed by atoms with Crippen molar-refractivity contribution < 1.29 is 5.11 Å². The summed E-state index contributed by atoms with van der Waals surface area (Å²) in [7, 11) is 0. The average molecular weight is 242 g/mol. The van der Waals surface area contributed by atoms with E-state index in [1.807, 2.05) is 36.4 Å². The van der Waals surface area contributed by atoms with Crippen LogP contribution in [0.3, 0.4) is 0 Å². The van der Waals surface area contributed by atoms with Gasteiger partial charge in [0, 0.05) is 5.69 Å². The molecular weight excluding hydrogens is 232 g/mol. The molecule has 1 aromatic heterocycles. The summed E-state index contributed by atoms with van der Waals surface area (Å²) < 4.78 is 0.975. The molecule has 0 unspecified atom stereocenters. The van der Waals surface area contributed by atoms with Gasteiger partial charge in [0.25, 0.3) is 0 Å². The molecule has 84 valence electrons. The van der Waals surface area contributed by atoms with Crippen LogP contribution in [0.15, 0.2) is 48.5 Å². The molecule has 3 nitrogen and oxygen atoms in total. The number of nitrogens with one attached hydrogen (secondary N) is 1. The molecule has 17 heavy (non-hydrogen) atoms. The van der Waals surface area contributed by atoms with E-state index in [4.69, 9.17) is 0 Å². The summed E-state index contributed by atoms with van der Waals surface area (Å²) in [5.41, 5.74) is 1.90. The van der Waals surface area contributed by atoms with Gasteiger partial charge in [-0.2, -0.15) is 0 Å². The Bertz CT molecular complexity index is 649. The van der Waals surface area contributed by atoms with Gasteiger partial charge in [-0.15, -0.1) is 0 Å². The fourth-order valence-electron chi connectivity index (χ4n) is 1.61. The minimum Gasteiger partial charge on any atom is -0.508 e. The first-order valence-electron chi connectivity index (χ1n) is 5.23. The van der Waals surface area contributed by atoms with Crippen LogP contribution < -0.4 is 5.32 Å². The van der Waals surface area contributed by atoms with E-state index >= 15 is 0 Å². The van der Waals surface area contributed by atoms with Gasteiger partial charge in [-0.05, 0) is 30.3 Å². The fourth-order valence-corrected chi connectivity index (χ4v) is 2.53. The predicted octanol–water partition coefficient (Wildman–Crippen LogP) is 3.75. The Morgan fingerprint density at radius 2 is 1.88 bits per heavy atom. The van der Waals surface area contributed by atoms with Gasteiger partial charge in [-0.1, -0.05) is 29.5 Å². The van der Waals surface area contributed by atoms with Crippen molar-refractivity contribution in [2.75, 3.05) is 5.32 Å². The molecule has 2 N–H and O–H groups in total. The lowest BCUT2D eigenvalue weighted by Crippen LogP contribution is -1.87. The molecule has 0 amide bonds. The van der Waals surface area contributed by atoms with E-state index in [0.29, 0.717) is 0 Å². The van der Waals surface area contributed by atoms with E-state index in [9.17, 15) is 5.11 Å². The molecule has 0 saturated heterocycles. The fraction of sp³-hybridized carbons (Fsp3) is 0. The Hall–Kier alpha value is -2.07. The van der Waals surface area contributed by atoms with Crippen LogP contribution in [0.5, 0.6) is 5.75 Å². The van der Waals surface area contributed by atoms with Gasteiger partial charge < -0.3 is 10.4 Å². The van der Waals surface area contributed by atoms with Crippen LogP contribution in [0, 0.1) is 0 Å². The van der Waals surface area contributed by atoms with Gasteiger partial charge in [-0.3, -0.25) is 0 Å². The van der Waals surface area contributed by atoms with Gasteiger partial charge in [0.05, 0.1) is 10.2 Å². The first-order valence-corrected chi connectivity index (χ1v) is 6.04. The second-order valence-corrected chi connectivity index (χ2v) is 4.69. The molecule has 0 aliphatic heterocycles. The minimum absolute atomic E-state index is 0.271. The topological polar surface area (TPSA) is 45.2 Å². The van der Waals surface area contributed by atoms with Gasteiger partial charge in [0.15, 0.2) is 5.13 Å². The Morgan fingerprint density at radius 3 is 2.71 bits per heavy atom. The molecule has 2 aromatic carbocycles. The number of anilines is 2. The average Bonchev–Trinajstić information content (AvgIpc) is 2.71. The quantitative estimate of drug-likeness (QED) is 0.719. The highest BCUT2D eigenvalue weighted by Crippen LogP contribution is 2.30. The summed E-state index contributed by atoms with van der Waals surface area (Å²) in [5, 5.41) is 13.5. The summed E-state index contributed by atoms with van der Waals surface area (Å²) in [6.45, 7) is 0. The van der Waals surface area contributed by atoms with Gasteiger partial charge >= 0.3 is 0 Å². The molecule has 0 spiro atoms. The smallest absolute Gasteiger partial charge is 0.188 e. The number of thiazole rings is 1. The van der Waals surface area contributed by atoms with Crippen molar-refractivity contribution in [1.29, 1.82) is 0 Å². The second kappa shape index (κ2) is 4.07. The number of phenolic OH excluding ortho intramolecular Hbond substituents is 1. The summed E-state index contributed by atoms with van der Waals surface area (Å²) in [6, 6.07) is 15.1. The number of hydrogen-bond acceptors (Lipinski definition) is 4. The number of benzene rings is 2. The molecule has 1 heterocycles. The maximum absolute atomic E-state index is 9.39. The molecule has 0 aliphatic carbocycles. The van der Waals surface area contributed by atoms with Crippen molar-refractivity contribution in [3.05, 3.63) is 48.5 Å². The van der Waals surface area contributed by atoms with Crippen molar-refractivity contribution in [3.63, 3.8) is 0 Å². The highest BCUT2D eigenvalue weighted by molar-refractivity contribution is 7.22. The number of aromatic hydroxyl groups is 1. The maximum Gasteiger partial charge on any atom is 0.188 e. The normalized spacial score (nSPS) is 10.6. The molecule has 0 bridgehead atoms. The van der Waals surface area contributed by atoms with E-state index < -0.39 is 0 Å². The van der Waals surface area contributed by atoms with Crippen LogP contribution in [0.2, 0.25) is 0 Å². The van der Waals surface area contributed by atoms with Crippen LogP contribution in [0.4, 0.5) is 10.8 Å². The van der Waals surface area contributed by atoms with Gasteiger partial charge in [0.2, 0.25) is 0 Å². The number of rotatable bonds is 2. The number of phenols is 1. The Kier molecular flexibility index (Phi) is 2.42. The highest BCUT2D eigenvalue weighted by Gasteiger charge is 2.04. The van der Waals surface area contributed by atoms with E-state index in [0.717, 1.165) is 21.0 Å². The predicted molar refractivity (Wildman–Crippen MR) is 71.0 cm³/mol. The number of aromatic nitrogens is 1. The zero-order valence-corrected chi connectivity index (χ0v) is 9.74. The summed E-state index contributed by atoms with van der Waals surface area (Å²) in [4.78, 5) is 4.45. The van der Waals surface area contributed by atoms with Crippen LogP contribution in [0.25, 0.3) is 10.2 Å². The van der Waals surface area contributed by atoms with Crippen molar-refractivity contribution in [2.24, 2.45) is 0 Å². The summed E-state index contributed by atoms with van der Waals surface area (Å²) in [6.07, 6.45) is 0. The lowest BCUT2D eigenvalue weighted by atomic mass is 10.3. The van der Waals surface area contributed by atoms with E-state index in [-0.39, 0.29) is 5.75 Å². The van der Waals surface area contributed by atoms with E-state index in [1.165, 1.54) is 11.3 Å². The van der Waals surface area contributed by atoms with Crippen LogP contribution in [0.1, 0.15) is 0 Å². The number of fused-ring (bicyclic) bond motifs is 1. The molecule has 0 saturated carbocycles. The van der Waals surface area contributed by atoms with Crippen LogP contribution in [-0.2, 0) is 0 Å². The standard InChI is InChI=1S/C13H10N2OS/c16-10-6-7-11-12(8-10)17-13(15-11)14-9-4-2-1-3-5-9/h1-8,16H,(H,14,15). The van der Waals surface area contributed by atoms with Crippen molar-refractivity contribution in [2.45, 2.75) is 0 Å². The van der Waals surface area contributed by atoms with Crippen LogP contribution >= 0.6 is 11.3 Å². The maximum atomic E-state index is 9.39. The van der Waals surface area contributed by atoms with Gasteiger partial charge in [-0.25, -0.2) is 4.98 Å². The van der Waals surface area contributed by atoms with Crippen LogP contribution in [-0.4, -0.2) is 10.1 Å². The SMILES string of the molecule is Oc1ccc2nc(Nc3ccccc3)sc2c1. The molecule has 0 atom stereocenters. The zero-order valence-electron chi connectivity index (χ0n) is 8.92. The first kappa shape index (κ1) is 10.1. The lowest BCUT2D eigenvalue weighted by molar-refractivity contribution is 0.476. The molecule has 3 aromatic rings. The second-order valence-electron chi connectivity index (χ2n) is 3.66. The van der Waals surface area contributed by atoms with E-state index in [1.54, 1.807) is 12.1 Å². The van der Waals surface area contributed by atoms with Crippen molar-refractivity contribution in [3.8, 4) is 5.75 Å². The van der Waals surface area contributed by atoms with E-state index in [2.05, 4.69) is 10.3 Å². The molecule has 0 aliphatic rings. The summed E-state index contributed by atoms with van der Waals surface area (Å²) >= 11 is 1.52. The minimum atomic E-state index is 0.271. The Morgan fingerprint density at radius 1 is 1.06 bits per heavy atom. The third-order valence-corrected chi connectivity index (χ3v) is 3.33. The largest absolute Gasteiger partial charge is 0.508 e. The van der Waals surface area contributed by atoms with Crippen molar-refractivity contribution >= 4 is 32.4 Å². The zero-order chi connectivity index (χ0) is 11.7. The summed E-state index contributed by atoms with van der Waals surface area (Å²) in [5.74, 6) is 0.271. The van der Waals surface area contributed by atoms with Gasteiger partial charge in [0.1, 0.15) is 5.75 Å². The monoisotopic (exact) mass is 242 g/mol. The molecule has 4 heteroatoms. The molecule has 0 fully saturated rings. The molecular formula is C13H10N2OS. The molecule has 0 radical (unpaired) electrons. The third-order valence-electron chi connectivity index (χ3n) is 2.40.